The minimum absolute atomic E-state index is 0.0161. The van der Waals surface area contributed by atoms with Gasteiger partial charge in [0, 0.05) is 0 Å². The van der Waals surface area contributed by atoms with Crippen LogP contribution in [0.4, 0.5) is 11.5 Å². The van der Waals surface area contributed by atoms with Gasteiger partial charge in [0.2, 0.25) is 5.82 Å². The topological polar surface area (TPSA) is 115 Å². The third kappa shape index (κ3) is 3.02. The van der Waals surface area contributed by atoms with Gasteiger partial charge in [0.25, 0.3) is 5.82 Å². The summed E-state index contributed by atoms with van der Waals surface area (Å²) in [7, 11) is 1.44. The highest BCUT2D eigenvalue weighted by atomic mass is 16.6. The molecule has 122 valence electrons. The fourth-order valence-corrected chi connectivity index (χ4v) is 2.30. The number of para-hydroxylation sites is 1. The summed E-state index contributed by atoms with van der Waals surface area (Å²) in [5.74, 6) is 1.44. The van der Waals surface area contributed by atoms with Crippen LogP contribution in [0.15, 0.2) is 42.5 Å². The van der Waals surface area contributed by atoms with E-state index in [1.54, 1.807) is 6.07 Å². The molecule has 0 atom stereocenters. The van der Waals surface area contributed by atoms with Crippen LogP contribution in [0.1, 0.15) is 5.82 Å². The normalized spacial score (nSPS) is 10.5. The van der Waals surface area contributed by atoms with Gasteiger partial charge in [0.15, 0.2) is 17.9 Å². The lowest BCUT2D eigenvalue weighted by Gasteiger charge is -2.06. The number of rotatable bonds is 5. The van der Waals surface area contributed by atoms with Crippen molar-refractivity contribution < 1.29 is 19.4 Å². The van der Waals surface area contributed by atoms with Crippen LogP contribution in [0.5, 0.6) is 11.5 Å². The fourth-order valence-electron chi connectivity index (χ4n) is 2.30. The number of hydrogen-bond acceptors (Lipinski definition) is 6. The first kappa shape index (κ1) is 15.5. The van der Waals surface area contributed by atoms with E-state index in [2.05, 4.69) is 9.97 Å². The number of aromatic nitrogens is 2. The first-order valence-corrected chi connectivity index (χ1v) is 7.10. The standard InChI is InChI=1S/C16H14N4O4/c1-23-10-6-7-14(13(8-10)20(21)22)24-9-15-18-12-5-3-2-4-11(12)16(17)19-15/h2-8H,9H2,1H3,(H2,17,18,19)/p+1. The molecule has 0 unspecified atom stereocenters. The van der Waals surface area contributed by atoms with Crippen LogP contribution in [0.2, 0.25) is 0 Å². The Morgan fingerprint density at radius 3 is 2.83 bits per heavy atom. The van der Waals surface area contributed by atoms with Gasteiger partial charge in [0.05, 0.1) is 23.5 Å². The number of nitro groups is 1. The maximum Gasteiger partial charge on any atom is 0.314 e. The third-order valence-electron chi connectivity index (χ3n) is 3.46. The van der Waals surface area contributed by atoms with Crippen LogP contribution in [-0.2, 0) is 6.61 Å². The van der Waals surface area contributed by atoms with Crippen molar-refractivity contribution >= 4 is 22.4 Å². The highest BCUT2D eigenvalue weighted by molar-refractivity contribution is 5.86. The molecule has 3 aromatic rings. The highest BCUT2D eigenvalue weighted by Gasteiger charge is 2.18. The molecular formula is C16H15N4O4+. The monoisotopic (exact) mass is 327 g/mol. The Morgan fingerprint density at radius 2 is 2.08 bits per heavy atom. The molecule has 0 bridgehead atoms. The van der Waals surface area contributed by atoms with Crippen LogP contribution in [0.3, 0.4) is 0 Å². The SMILES string of the molecule is COc1ccc(OCc2nc3ccccc3c(N)[nH+]2)c([N+](=O)[O-])c1. The van der Waals surface area contributed by atoms with Crippen molar-refractivity contribution in [3.05, 3.63) is 58.4 Å². The van der Waals surface area contributed by atoms with Crippen molar-refractivity contribution in [2.45, 2.75) is 6.61 Å². The smallest absolute Gasteiger partial charge is 0.314 e. The molecule has 0 aliphatic carbocycles. The van der Waals surface area contributed by atoms with Gasteiger partial charge in [-0.05, 0) is 24.3 Å². The number of anilines is 1. The molecule has 3 N–H and O–H groups in total. The number of nitrogens with zero attached hydrogens (tertiary/aromatic N) is 2. The Labute approximate surface area is 137 Å². The van der Waals surface area contributed by atoms with Crippen molar-refractivity contribution in [1.29, 1.82) is 0 Å². The first-order valence-electron chi connectivity index (χ1n) is 7.10. The van der Waals surface area contributed by atoms with Crippen molar-refractivity contribution in [3.63, 3.8) is 0 Å². The molecule has 8 heteroatoms. The summed E-state index contributed by atoms with van der Waals surface area (Å²) in [5, 5.41) is 12.0. The molecule has 0 amide bonds. The first-order chi connectivity index (χ1) is 11.6. The summed E-state index contributed by atoms with van der Waals surface area (Å²) in [6, 6.07) is 11.8. The largest absolute Gasteiger partial charge is 0.496 e. The maximum absolute atomic E-state index is 11.2. The molecule has 24 heavy (non-hydrogen) atoms. The minimum atomic E-state index is -0.524. The van der Waals surface area contributed by atoms with Gasteiger partial charge < -0.3 is 15.2 Å². The van der Waals surface area contributed by atoms with Crippen LogP contribution in [-0.4, -0.2) is 17.0 Å². The molecule has 1 heterocycles. The maximum atomic E-state index is 11.2. The summed E-state index contributed by atoms with van der Waals surface area (Å²) in [5.41, 5.74) is 6.51. The molecule has 0 radical (unpaired) electrons. The highest BCUT2D eigenvalue weighted by Crippen LogP contribution is 2.31. The summed E-state index contributed by atoms with van der Waals surface area (Å²) in [4.78, 5) is 18.0. The van der Waals surface area contributed by atoms with E-state index in [1.807, 2.05) is 24.3 Å². The zero-order valence-electron chi connectivity index (χ0n) is 12.9. The van der Waals surface area contributed by atoms with Crippen LogP contribution in [0.25, 0.3) is 10.9 Å². The number of nitrogen functional groups attached to an aromatic ring is 1. The Morgan fingerprint density at radius 1 is 1.29 bits per heavy atom. The van der Waals surface area contributed by atoms with E-state index in [0.29, 0.717) is 17.4 Å². The van der Waals surface area contributed by atoms with E-state index >= 15 is 0 Å². The molecule has 0 fully saturated rings. The Hall–Kier alpha value is -3.42. The van der Waals surface area contributed by atoms with Crippen LogP contribution >= 0.6 is 0 Å². The molecule has 0 aliphatic heterocycles. The predicted molar refractivity (Wildman–Crippen MR) is 86.7 cm³/mol. The molecule has 0 spiro atoms. The molecule has 0 aliphatic rings. The minimum Gasteiger partial charge on any atom is -0.496 e. The van der Waals surface area contributed by atoms with Gasteiger partial charge in [-0.2, -0.15) is 0 Å². The Bertz CT molecular complexity index is 914. The van der Waals surface area contributed by atoms with Crippen molar-refractivity contribution in [3.8, 4) is 11.5 Å². The molecule has 8 nitrogen and oxygen atoms in total. The van der Waals surface area contributed by atoms with E-state index < -0.39 is 4.92 Å². The number of H-pyrrole nitrogens is 1. The lowest BCUT2D eigenvalue weighted by Crippen LogP contribution is -2.21. The summed E-state index contributed by atoms with van der Waals surface area (Å²) in [6.07, 6.45) is 0. The second-order valence-corrected chi connectivity index (χ2v) is 4.99. The number of fused-ring (bicyclic) bond motifs is 1. The Balaban J connectivity index is 1.87. The molecule has 0 saturated carbocycles. The van der Waals surface area contributed by atoms with Gasteiger partial charge in [-0.15, -0.1) is 4.98 Å². The van der Waals surface area contributed by atoms with E-state index in [4.69, 9.17) is 15.2 Å². The van der Waals surface area contributed by atoms with Gasteiger partial charge >= 0.3 is 5.69 Å². The zero-order chi connectivity index (χ0) is 17.1. The summed E-state index contributed by atoms with van der Waals surface area (Å²) < 4.78 is 10.5. The van der Waals surface area contributed by atoms with Crippen LogP contribution < -0.4 is 20.2 Å². The Kier molecular flexibility index (Phi) is 4.11. The number of hydrogen-bond donors (Lipinski definition) is 1. The van der Waals surface area contributed by atoms with E-state index in [0.717, 1.165) is 10.9 Å². The second-order valence-electron chi connectivity index (χ2n) is 4.99. The summed E-state index contributed by atoms with van der Waals surface area (Å²) in [6.45, 7) is 0.0161. The third-order valence-corrected chi connectivity index (χ3v) is 3.46. The van der Waals surface area contributed by atoms with Gasteiger partial charge in [-0.1, -0.05) is 12.1 Å². The lowest BCUT2D eigenvalue weighted by atomic mass is 10.2. The van der Waals surface area contributed by atoms with E-state index in [-0.39, 0.29) is 18.0 Å². The van der Waals surface area contributed by atoms with Gasteiger partial charge in [-0.25, -0.2) is 4.98 Å². The molecule has 0 saturated heterocycles. The number of aromatic amines is 1. The number of benzene rings is 2. The molecular weight excluding hydrogens is 312 g/mol. The molecule has 1 aromatic heterocycles. The number of ether oxygens (including phenoxy) is 2. The van der Waals surface area contributed by atoms with Gasteiger partial charge in [0.1, 0.15) is 5.75 Å². The molecule has 3 rings (SSSR count). The average molecular weight is 327 g/mol. The molecule has 2 aromatic carbocycles. The number of nitrogens with one attached hydrogen (secondary N) is 1. The van der Waals surface area contributed by atoms with Crippen molar-refractivity contribution in [1.82, 2.24) is 4.98 Å². The number of nitrogens with two attached hydrogens (primary N) is 1. The van der Waals surface area contributed by atoms with Gasteiger partial charge in [-0.3, -0.25) is 10.1 Å². The van der Waals surface area contributed by atoms with Crippen LogP contribution in [0, 0.1) is 10.1 Å². The fraction of sp³-hybridized carbons (Fsp3) is 0.125. The second kappa shape index (κ2) is 6.37. The summed E-state index contributed by atoms with van der Waals surface area (Å²) >= 11 is 0. The van der Waals surface area contributed by atoms with Crippen molar-refractivity contribution in [2.75, 3.05) is 12.8 Å². The number of nitro benzene ring substituents is 1. The quantitative estimate of drug-likeness (QED) is 0.567. The average Bonchev–Trinajstić information content (AvgIpc) is 2.59. The predicted octanol–water partition coefficient (Wildman–Crippen LogP) is 2.13. The lowest BCUT2D eigenvalue weighted by molar-refractivity contribution is -0.387. The number of methoxy groups -OCH3 is 1. The van der Waals surface area contributed by atoms with Crippen molar-refractivity contribution in [2.24, 2.45) is 0 Å². The zero-order valence-corrected chi connectivity index (χ0v) is 12.9. The van der Waals surface area contributed by atoms with E-state index in [1.165, 1.54) is 19.2 Å². The van der Waals surface area contributed by atoms with E-state index in [9.17, 15) is 10.1 Å².